The third-order valence-corrected chi connectivity index (χ3v) is 4.99. The van der Waals surface area contributed by atoms with E-state index in [0.29, 0.717) is 24.2 Å². The molecule has 0 spiro atoms. The van der Waals surface area contributed by atoms with Crippen LogP contribution in [0.2, 0.25) is 0 Å². The number of carbonyl (C=O) groups is 1. The number of nitrogens with one attached hydrogen (secondary N) is 1. The van der Waals surface area contributed by atoms with Crippen LogP contribution in [0.4, 0.5) is 0 Å². The highest BCUT2D eigenvalue weighted by Gasteiger charge is 2.43. The maximum Gasteiger partial charge on any atom is 0.205 e. The molecule has 2 aliphatic rings. The third kappa shape index (κ3) is 1.88. The summed E-state index contributed by atoms with van der Waals surface area (Å²) in [6.45, 7) is 1.98. The first kappa shape index (κ1) is 13.1. The number of nitrogens with zero attached hydrogens (tertiary/aromatic N) is 1. The van der Waals surface area contributed by atoms with Crippen molar-refractivity contribution in [1.29, 1.82) is 10.7 Å². The minimum absolute atomic E-state index is 0.0289. The molecule has 1 N–H and O–H groups in total. The van der Waals surface area contributed by atoms with E-state index >= 15 is 0 Å². The van der Waals surface area contributed by atoms with Gasteiger partial charge in [-0.3, -0.25) is 10.2 Å². The normalized spacial score (nSPS) is 26.0. The Balaban J connectivity index is 2.19. The topological polar surface area (TPSA) is 73.9 Å². The van der Waals surface area contributed by atoms with Crippen LogP contribution < -0.4 is 0 Å². The van der Waals surface area contributed by atoms with E-state index < -0.39 is 5.92 Å². The molecule has 0 aromatic carbocycles. The summed E-state index contributed by atoms with van der Waals surface area (Å²) in [5, 5.41) is 19.3. The lowest BCUT2D eigenvalue weighted by Gasteiger charge is -2.33. The summed E-state index contributed by atoms with van der Waals surface area (Å²) in [4.78, 5) is 13.3. The van der Waals surface area contributed by atoms with Crippen LogP contribution >= 0.6 is 11.3 Å². The molecule has 0 bridgehead atoms. The maximum atomic E-state index is 12.3. The lowest BCUT2D eigenvalue weighted by Crippen LogP contribution is -2.34. The van der Waals surface area contributed by atoms with Gasteiger partial charge in [-0.2, -0.15) is 5.26 Å². The van der Waals surface area contributed by atoms with Gasteiger partial charge in [0.15, 0.2) is 5.78 Å². The highest BCUT2D eigenvalue weighted by atomic mass is 32.1. The molecule has 1 aliphatic heterocycles. The van der Waals surface area contributed by atoms with E-state index in [1.807, 2.05) is 18.4 Å². The third-order valence-electron chi connectivity index (χ3n) is 3.89. The molecule has 1 aromatic rings. The number of ketones is 1. The average molecular weight is 286 g/mol. The predicted molar refractivity (Wildman–Crippen MR) is 75.6 cm³/mol. The van der Waals surface area contributed by atoms with Crippen molar-refractivity contribution in [3.63, 3.8) is 0 Å². The molecule has 0 fully saturated rings. The summed E-state index contributed by atoms with van der Waals surface area (Å²) in [6.07, 6.45) is 1.95. The van der Waals surface area contributed by atoms with E-state index in [2.05, 4.69) is 6.07 Å². The molecule has 0 saturated carbocycles. The lowest BCUT2D eigenvalue weighted by molar-refractivity contribution is -0.116. The van der Waals surface area contributed by atoms with Gasteiger partial charge >= 0.3 is 0 Å². The Morgan fingerprint density at radius 1 is 1.50 bits per heavy atom. The predicted octanol–water partition coefficient (Wildman–Crippen LogP) is 3.29. The van der Waals surface area contributed by atoms with Gasteiger partial charge in [-0.25, -0.2) is 0 Å². The van der Waals surface area contributed by atoms with Gasteiger partial charge in [-0.15, -0.1) is 11.3 Å². The Bertz CT molecular complexity index is 666. The van der Waals surface area contributed by atoms with Gasteiger partial charge in [-0.1, -0.05) is 0 Å². The first-order valence-electron chi connectivity index (χ1n) is 6.59. The fraction of sp³-hybridized carbons (Fsp3) is 0.400. The summed E-state index contributed by atoms with van der Waals surface area (Å²) in [5.74, 6) is -0.386. The molecule has 2 atom stereocenters. The van der Waals surface area contributed by atoms with Gasteiger partial charge in [0.25, 0.3) is 0 Å². The van der Waals surface area contributed by atoms with E-state index in [-0.39, 0.29) is 17.6 Å². The number of allylic oxidation sites excluding steroid dienone is 2. The van der Waals surface area contributed by atoms with Gasteiger partial charge < -0.3 is 4.74 Å². The van der Waals surface area contributed by atoms with Crippen LogP contribution in [0.1, 0.15) is 35.6 Å². The highest BCUT2D eigenvalue weighted by Crippen LogP contribution is 2.45. The monoisotopic (exact) mass is 286 g/mol. The Morgan fingerprint density at radius 2 is 2.30 bits per heavy atom. The zero-order chi connectivity index (χ0) is 14.3. The van der Waals surface area contributed by atoms with Crippen LogP contribution in [0.5, 0.6) is 0 Å². The van der Waals surface area contributed by atoms with Gasteiger partial charge in [0.2, 0.25) is 5.90 Å². The van der Waals surface area contributed by atoms with E-state index in [1.165, 1.54) is 0 Å². The van der Waals surface area contributed by atoms with Crippen molar-refractivity contribution >= 4 is 23.0 Å². The highest BCUT2D eigenvalue weighted by molar-refractivity contribution is 7.10. The summed E-state index contributed by atoms with van der Waals surface area (Å²) in [7, 11) is 0. The molecule has 2 heterocycles. The number of nitriles is 1. The molecule has 1 aliphatic carbocycles. The molecule has 2 unspecified atom stereocenters. The minimum atomic E-state index is -0.701. The van der Waals surface area contributed by atoms with Crippen LogP contribution in [0.3, 0.4) is 0 Å². The van der Waals surface area contributed by atoms with Gasteiger partial charge in [0.05, 0.1) is 12.0 Å². The second-order valence-electron chi connectivity index (χ2n) is 5.13. The largest absolute Gasteiger partial charge is 0.446 e. The van der Waals surface area contributed by atoms with Crippen LogP contribution in [0.25, 0.3) is 0 Å². The Kier molecular flexibility index (Phi) is 3.19. The molecule has 0 amide bonds. The first-order chi connectivity index (χ1) is 9.63. The fourth-order valence-corrected chi connectivity index (χ4v) is 3.99. The molecular formula is C15H14N2O2S. The van der Waals surface area contributed by atoms with Gasteiger partial charge in [-0.05, 0) is 30.4 Å². The lowest BCUT2D eigenvalue weighted by atomic mass is 9.76. The molecule has 3 rings (SSSR count). The smallest absolute Gasteiger partial charge is 0.205 e. The van der Waals surface area contributed by atoms with Gasteiger partial charge in [0, 0.05) is 23.3 Å². The molecule has 1 aromatic heterocycles. The Morgan fingerprint density at radius 3 is 2.95 bits per heavy atom. The van der Waals surface area contributed by atoms with Crippen molar-refractivity contribution < 1.29 is 9.53 Å². The summed E-state index contributed by atoms with van der Waals surface area (Å²) in [6, 6.07) is 4.13. The molecule has 0 radical (unpaired) electrons. The second-order valence-corrected chi connectivity index (χ2v) is 6.08. The Labute approximate surface area is 121 Å². The number of ether oxygens (including phenoxy) is 1. The van der Waals surface area contributed by atoms with E-state index in [1.54, 1.807) is 11.3 Å². The van der Waals surface area contributed by atoms with E-state index in [4.69, 9.17) is 10.1 Å². The van der Waals surface area contributed by atoms with Crippen LogP contribution in [-0.4, -0.2) is 11.7 Å². The molecule has 102 valence electrons. The number of hydrogen-bond donors (Lipinski definition) is 1. The SMILES string of the molecule is Cc1ccsc1C1C2=C(CCCC2=O)OC(=N)C1C#N. The van der Waals surface area contributed by atoms with Crippen molar-refractivity contribution in [2.75, 3.05) is 0 Å². The van der Waals surface area contributed by atoms with E-state index in [9.17, 15) is 10.1 Å². The number of aryl methyl sites for hydroxylation is 1. The zero-order valence-electron chi connectivity index (χ0n) is 11.1. The van der Waals surface area contributed by atoms with E-state index in [0.717, 1.165) is 16.9 Å². The number of Topliss-reactive ketones (excluding diaryl/α,β-unsaturated/α-hetero) is 1. The summed E-state index contributed by atoms with van der Waals surface area (Å²) >= 11 is 1.55. The standard InChI is InChI=1S/C15H14N2O2S/c1-8-5-6-20-14(8)12-9(7-16)15(17)19-11-4-2-3-10(18)13(11)12/h5-6,9,12,17H,2-4H2,1H3. The Hall–Kier alpha value is -1.93. The summed E-state index contributed by atoms with van der Waals surface area (Å²) < 4.78 is 5.46. The quantitative estimate of drug-likeness (QED) is 0.860. The molecule has 20 heavy (non-hydrogen) atoms. The summed E-state index contributed by atoms with van der Waals surface area (Å²) in [5.41, 5.74) is 1.70. The maximum absolute atomic E-state index is 12.3. The van der Waals surface area contributed by atoms with Crippen molar-refractivity contribution in [2.24, 2.45) is 5.92 Å². The average Bonchev–Trinajstić information content (AvgIpc) is 2.83. The number of thiophene rings is 1. The van der Waals surface area contributed by atoms with Crippen molar-refractivity contribution in [1.82, 2.24) is 0 Å². The molecule has 4 nitrogen and oxygen atoms in total. The number of rotatable bonds is 1. The van der Waals surface area contributed by atoms with Gasteiger partial charge in [0.1, 0.15) is 11.7 Å². The van der Waals surface area contributed by atoms with Crippen LogP contribution in [0.15, 0.2) is 22.8 Å². The minimum Gasteiger partial charge on any atom is -0.446 e. The van der Waals surface area contributed by atoms with Crippen LogP contribution in [-0.2, 0) is 9.53 Å². The number of hydrogen-bond acceptors (Lipinski definition) is 5. The first-order valence-corrected chi connectivity index (χ1v) is 7.47. The fourth-order valence-electron chi connectivity index (χ4n) is 2.92. The second kappa shape index (κ2) is 4.88. The number of carbonyl (C=O) groups excluding carboxylic acids is 1. The van der Waals surface area contributed by atoms with Crippen molar-refractivity contribution in [3.8, 4) is 6.07 Å². The van der Waals surface area contributed by atoms with Crippen molar-refractivity contribution in [2.45, 2.75) is 32.1 Å². The molecule has 5 heteroatoms. The van der Waals surface area contributed by atoms with Crippen molar-refractivity contribution in [3.05, 3.63) is 33.2 Å². The van der Waals surface area contributed by atoms with Crippen LogP contribution in [0, 0.1) is 29.6 Å². The zero-order valence-corrected chi connectivity index (χ0v) is 11.9. The molecule has 0 saturated heterocycles. The molecular weight excluding hydrogens is 272 g/mol.